The molecule has 2 aromatic carbocycles. The number of carbonyl (C=O) groups excluding carboxylic acids is 1. The highest BCUT2D eigenvalue weighted by Gasteiger charge is 2.24. The first-order chi connectivity index (χ1) is 11.7. The summed E-state index contributed by atoms with van der Waals surface area (Å²) < 4.78 is 12.2. The minimum atomic E-state index is -0.107. The average molecular weight is 340 g/mol. The highest BCUT2D eigenvalue weighted by atomic mass is 32.1. The van der Waals surface area contributed by atoms with Gasteiger partial charge in [-0.25, -0.2) is 4.98 Å². The topological polar surface area (TPSA) is 60.5 Å². The number of nitrogens with one attached hydrogen (secondary N) is 1. The molecular weight excluding hydrogens is 324 g/mol. The summed E-state index contributed by atoms with van der Waals surface area (Å²) in [7, 11) is 1.63. The number of hydrogen-bond donors (Lipinski definition) is 1. The molecule has 4 rings (SSSR count). The van der Waals surface area contributed by atoms with E-state index in [-0.39, 0.29) is 11.9 Å². The predicted octanol–water partition coefficient (Wildman–Crippen LogP) is 3.04. The van der Waals surface area contributed by atoms with Crippen LogP contribution in [0.1, 0.15) is 15.9 Å². The number of benzene rings is 2. The molecule has 1 unspecified atom stereocenters. The minimum Gasteiger partial charge on any atom is -0.493 e. The maximum Gasteiger partial charge on any atom is 0.251 e. The van der Waals surface area contributed by atoms with E-state index in [2.05, 4.69) is 10.3 Å². The molecule has 1 N–H and O–H groups in total. The highest BCUT2D eigenvalue weighted by Crippen LogP contribution is 2.34. The Kier molecular flexibility index (Phi) is 3.82. The van der Waals surface area contributed by atoms with Crippen molar-refractivity contribution in [2.24, 2.45) is 0 Å². The normalized spacial score (nSPS) is 16.3. The van der Waals surface area contributed by atoms with E-state index in [0.29, 0.717) is 12.2 Å². The molecule has 1 amide bonds. The lowest BCUT2D eigenvalue weighted by Crippen LogP contribution is -2.42. The van der Waals surface area contributed by atoms with E-state index in [9.17, 15) is 4.79 Å². The Hall–Kier alpha value is -2.60. The van der Waals surface area contributed by atoms with Gasteiger partial charge in [-0.1, -0.05) is 12.1 Å². The largest absolute Gasteiger partial charge is 0.493 e. The molecule has 24 heavy (non-hydrogen) atoms. The van der Waals surface area contributed by atoms with Gasteiger partial charge in [-0.05, 0) is 30.7 Å². The van der Waals surface area contributed by atoms with E-state index in [0.717, 1.165) is 33.7 Å². The fraction of sp³-hybridized carbons (Fsp3) is 0.222. The number of methoxy groups -OCH3 is 1. The quantitative estimate of drug-likeness (QED) is 0.796. The number of aromatic nitrogens is 1. The molecule has 6 heteroatoms. The molecule has 1 aliphatic heterocycles. The Labute approximate surface area is 143 Å². The van der Waals surface area contributed by atoms with Crippen LogP contribution in [0.3, 0.4) is 0 Å². The van der Waals surface area contributed by atoms with Crippen molar-refractivity contribution >= 4 is 27.5 Å². The second-order valence-electron chi connectivity index (χ2n) is 5.67. The molecular formula is C18H16N2O3S. The zero-order valence-corrected chi connectivity index (χ0v) is 13.9. The van der Waals surface area contributed by atoms with Gasteiger partial charge in [0.2, 0.25) is 0 Å². The van der Waals surface area contributed by atoms with Crippen LogP contribution in [0.15, 0.2) is 41.9 Å². The summed E-state index contributed by atoms with van der Waals surface area (Å²) in [6.45, 7) is 0.429. The zero-order chi connectivity index (χ0) is 16.5. The molecule has 1 aliphatic rings. The van der Waals surface area contributed by atoms with Crippen LogP contribution in [0.25, 0.3) is 10.2 Å². The third-order valence-corrected chi connectivity index (χ3v) is 4.91. The van der Waals surface area contributed by atoms with Crippen LogP contribution in [0.5, 0.6) is 11.5 Å². The number of rotatable bonds is 3. The predicted molar refractivity (Wildman–Crippen MR) is 93.1 cm³/mol. The molecule has 0 bridgehead atoms. The third-order valence-electron chi connectivity index (χ3n) is 4.10. The van der Waals surface area contributed by atoms with Crippen molar-refractivity contribution in [2.45, 2.75) is 12.5 Å². The van der Waals surface area contributed by atoms with Crippen LogP contribution < -0.4 is 14.8 Å². The van der Waals surface area contributed by atoms with Crippen molar-refractivity contribution in [1.29, 1.82) is 0 Å². The Morgan fingerprint density at radius 2 is 2.29 bits per heavy atom. The first-order valence-electron chi connectivity index (χ1n) is 7.67. The van der Waals surface area contributed by atoms with E-state index in [1.54, 1.807) is 24.0 Å². The van der Waals surface area contributed by atoms with Crippen molar-refractivity contribution in [3.8, 4) is 11.5 Å². The number of ether oxygens (including phenoxy) is 2. The number of thiazole rings is 1. The van der Waals surface area contributed by atoms with Crippen LogP contribution in [-0.2, 0) is 6.42 Å². The third kappa shape index (κ3) is 2.69. The van der Waals surface area contributed by atoms with Crippen molar-refractivity contribution in [3.63, 3.8) is 0 Å². The van der Waals surface area contributed by atoms with E-state index in [1.165, 1.54) is 0 Å². The van der Waals surface area contributed by atoms with Gasteiger partial charge in [0.15, 0.2) is 11.5 Å². The molecule has 0 spiro atoms. The molecule has 0 aliphatic carbocycles. The summed E-state index contributed by atoms with van der Waals surface area (Å²) in [4.78, 5) is 16.8. The van der Waals surface area contributed by atoms with Crippen molar-refractivity contribution in [1.82, 2.24) is 10.3 Å². The van der Waals surface area contributed by atoms with E-state index in [4.69, 9.17) is 9.47 Å². The van der Waals surface area contributed by atoms with Gasteiger partial charge >= 0.3 is 0 Å². The summed E-state index contributed by atoms with van der Waals surface area (Å²) in [5, 5.41) is 3.04. The summed E-state index contributed by atoms with van der Waals surface area (Å²) in [5.74, 6) is 1.39. The Balaban J connectivity index is 1.50. The number of para-hydroxylation sites is 1. The fourth-order valence-electron chi connectivity index (χ4n) is 2.92. The van der Waals surface area contributed by atoms with Gasteiger partial charge in [-0.3, -0.25) is 4.79 Å². The van der Waals surface area contributed by atoms with Crippen LogP contribution in [0.4, 0.5) is 0 Å². The summed E-state index contributed by atoms with van der Waals surface area (Å²) in [6, 6.07) is 11.3. The van der Waals surface area contributed by atoms with E-state index >= 15 is 0 Å². The molecule has 2 heterocycles. The maximum atomic E-state index is 12.5. The number of nitrogens with zero attached hydrogens (tertiary/aromatic N) is 1. The lowest BCUT2D eigenvalue weighted by Gasteiger charge is -2.27. The number of hydrogen-bond acceptors (Lipinski definition) is 5. The fourth-order valence-corrected chi connectivity index (χ4v) is 3.57. The SMILES string of the molecule is COc1cccc2c1OCC(NC(=O)c1ccc3scnc3c1)C2. The minimum absolute atomic E-state index is 0.0664. The molecule has 0 radical (unpaired) electrons. The van der Waals surface area contributed by atoms with Crippen LogP contribution in [0, 0.1) is 0 Å². The zero-order valence-electron chi connectivity index (χ0n) is 13.1. The first kappa shape index (κ1) is 15.0. The number of fused-ring (bicyclic) bond motifs is 2. The van der Waals surface area contributed by atoms with E-state index < -0.39 is 0 Å². The summed E-state index contributed by atoms with van der Waals surface area (Å²) in [6.07, 6.45) is 0.719. The standard InChI is InChI=1S/C18H16N2O3S/c1-22-15-4-2-3-11-7-13(9-23-17(11)15)20-18(21)12-5-6-16-14(8-12)19-10-24-16/h2-6,8,10,13H,7,9H2,1H3,(H,20,21). The second kappa shape index (κ2) is 6.13. The molecule has 0 saturated carbocycles. The molecule has 1 atom stereocenters. The molecule has 0 fully saturated rings. The molecule has 0 saturated heterocycles. The van der Waals surface area contributed by atoms with Crippen LogP contribution in [0.2, 0.25) is 0 Å². The average Bonchev–Trinajstić information content (AvgIpc) is 3.08. The lowest BCUT2D eigenvalue weighted by atomic mass is 10.0. The van der Waals surface area contributed by atoms with Gasteiger partial charge < -0.3 is 14.8 Å². The van der Waals surface area contributed by atoms with Crippen molar-refractivity contribution in [3.05, 3.63) is 53.0 Å². The molecule has 3 aromatic rings. The van der Waals surface area contributed by atoms with Gasteiger partial charge in [0.25, 0.3) is 5.91 Å². The van der Waals surface area contributed by atoms with Gasteiger partial charge in [0, 0.05) is 11.1 Å². The van der Waals surface area contributed by atoms with Crippen molar-refractivity contribution < 1.29 is 14.3 Å². The lowest BCUT2D eigenvalue weighted by molar-refractivity contribution is 0.0914. The Bertz CT molecular complexity index is 906. The smallest absolute Gasteiger partial charge is 0.251 e. The Morgan fingerprint density at radius 3 is 3.17 bits per heavy atom. The monoisotopic (exact) mass is 340 g/mol. The van der Waals surface area contributed by atoms with Gasteiger partial charge in [0.05, 0.1) is 28.9 Å². The Morgan fingerprint density at radius 1 is 1.38 bits per heavy atom. The van der Waals surface area contributed by atoms with Crippen molar-refractivity contribution in [2.75, 3.05) is 13.7 Å². The van der Waals surface area contributed by atoms with Crippen LogP contribution >= 0.6 is 11.3 Å². The first-order valence-corrected chi connectivity index (χ1v) is 8.55. The molecule has 1 aromatic heterocycles. The van der Waals surface area contributed by atoms with Crippen LogP contribution in [-0.4, -0.2) is 30.6 Å². The summed E-state index contributed by atoms with van der Waals surface area (Å²) in [5.41, 5.74) is 4.29. The van der Waals surface area contributed by atoms with E-state index in [1.807, 2.05) is 36.4 Å². The second-order valence-corrected chi connectivity index (χ2v) is 6.56. The van der Waals surface area contributed by atoms with Gasteiger partial charge in [0.1, 0.15) is 6.61 Å². The number of carbonyl (C=O) groups is 1. The van der Waals surface area contributed by atoms with Gasteiger partial charge in [-0.15, -0.1) is 11.3 Å². The highest BCUT2D eigenvalue weighted by molar-refractivity contribution is 7.16. The molecule has 122 valence electrons. The number of amides is 1. The van der Waals surface area contributed by atoms with Gasteiger partial charge in [-0.2, -0.15) is 0 Å². The maximum absolute atomic E-state index is 12.5. The summed E-state index contributed by atoms with van der Waals surface area (Å²) >= 11 is 1.56. The molecule has 5 nitrogen and oxygen atoms in total.